The fraction of sp³-hybridized carbons (Fsp3) is 0.143. The predicted molar refractivity (Wildman–Crippen MR) is 40.3 cm³/mol. The summed E-state index contributed by atoms with van der Waals surface area (Å²) in [4.78, 5) is 0. The molecule has 0 aromatic heterocycles. The molecular weight excluding hydrogens is 215 g/mol. The van der Waals surface area contributed by atoms with Gasteiger partial charge in [-0.05, 0) is 18.2 Å². The van der Waals surface area contributed by atoms with Gasteiger partial charge in [-0.25, -0.2) is 0 Å². The van der Waals surface area contributed by atoms with Crippen LogP contribution in [0.15, 0.2) is 22.7 Å². The Bertz CT molecular complexity index is 290. The first kappa shape index (κ1) is 6.91. The summed E-state index contributed by atoms with van der Waals surface area (Å²) in [5, 5.41) is 0. The van der Waals surface area contributed by atoms with Crippen molar-refractivity contribution < 1.29 is 13.9 Å². The summed E-state index contributed by atoms with van der Waals surface area (Å²) >= 11 is 3.23. The molecule has 1 aromatic rings. The van der Waals surface area contributed by atoms with E-state index in [9.17, 15) is 4.39 Å². The molecule has 0 spiro atoms. The molecule has 1 atom stereocenters. The van der Waals surface area contributed by atoms with Gasteiger partial charge in [0.15, 0.2) is 11.5 Å². The Kier molecular flexibility index (Phi) is 1.49. The predicted octanol–water partition coefficient (Wildman–Crippen LogP) is 2.47. The minimum absolute atomic E-state index is 0.437. The van der Waals surface area contributed by atoms with Gasteiger partial charge in [-0.1, -0.05) is 15.9 Å². The zero-order valence-electron chi connectivity index (χ0n) is 5.38. The smallest absolute Gasteiger partial charge is 0.397 e. The molecule has 0 bridgehead atoms. The molecule has 0 amide bonds. The molecule has 0 saturated carbocycles. The number of rotatable bonds is 0. The number of fused-ring (bicyclic) bond motifs is 1. The van der Waals surface area contributed by atoms with Gasteiger partial charge in [0.05, 0.1) is 0 Å². The molecule has 0 N–H and O–H groups in total. The van der Waals surface area contributed by atoms with Gasteiger partial charge in [-0.3, -0.25) is 0 Å². The van der Waals surface area contributed by atoms with Gasteiger partial charge in [0, 0.05) is 4.47 Å². The topological polar surface area (TPSA) is 18.5 Å². The van der Waals surface area contributed by atoms with Crippen molar-refractivity contribution in [2.24, 2.45) is 0 Å². The largest absolute Gasteiger partial charge is 0.425 e. The second-order valence-electron chi connectivity index (χ2n) is 2.10. The highest BCUT2D eigenvalue weighted by atomic mass is 79.9. The summed E-state index contributed by atoms with van der Waals surface area (Å²) in [6, 6.07) is 5.08. The summed E-state index contributed by atoms with van der Waals surface area (Å²) in [6.45, 7) is -1.65. The third-order valence-corrected chi connectivity index (χ3v) is 1.84. The number of benzene rings is 1. The summed E-state index contributed by atoms with van der Waals surface area (Å²) in [5.41, 5.74) is 0. The SMILES string of the molecule is FC1Oc2ccc(Br)cc2O1. The Morgan fingerprint density at radius 3 is 2.82 bits per heavy atom. The van der Waals surface area contributed by atoms with E-state index in [0.29, 0.717) is 11.5 Å². The van der Waals surface area contributed by atoms with Gasteiger partial charge in [0.1, 0.15) is 0 Å². The van der Waals surface area contributed by atoms with E-state index in [4.69, 9.17) is 0 Å². The molecular formula is C7H4BrFO2. The van der Waals surface area contributed by atoms with E-state index in [2.05, 4.69) is 25.4 Å². The highest BCUT2D eigenvalue weighted by Crippen LogP contribution is 2.36. The van der Waals surface area contributed by atoms with Crippen LogP contribution in [0, 0.1) is 0 Å². The Morgan fingerprint density at radius 1 is 1.27 bits per heavy atom. The van der Waals surface area contributed by atoms with Crippen molar-refractivity contribution in [3.63, 3.8) is 0 Å². The minimum atomic E-state index is -1.65. The molecule has 0 fully saturated rings. The zero-order valence-corrected chi connectivity index (χ0v) is 6.97. The van der Waals surface area contributed by atoms with Crippen molar-refractivity contribution in [3.05, 3.63) is 22.7 Å². The highest BCUT2D eigenvalue weighted by Gasteiger charge is 2.22. The number of ether oxygens (including phenoxy) is 2. The molecule has 4 heteroatoms. The summed E-state index contributed by atoms with van der Waals surface area (Å²) < 4.78 is 22.6. The van der Waals surface area contributed by atoms with Crippen LogP contribution in [0.5, 0.6) is 11.5 Å². The fourth-order valence-electron chi connectivity index (χ4n) is 0.895. The van der Waals surface area contributed by atoms with Gasteiger partial charge in [-0.15, -0.1) is 0 Å². The molecule has 1 aliphatic heterocycles. The van der Waals surface area contributed by atoms with Crippen molar-refractivity contribution >= 4 is 15.9 Å². The van der Waals surface area contributed by atoms with Gasteiger partial charge in [0.2, 0.25) is 0 Å². The summed E-state index contributed by atoms with van der Waals surface area (Å²) in [7, 11) is 0. The van der Waals surface area contributed by atoms with Crippen LogP contribution in [0.2, 0.25) is 0 Å². The van der Waals surface area contributed by atoms with Crippen molar-refractivity contribution in [3.8, 4) is 11.5 Å². The van der Waals surface area contributed by atoms with Crippen LogP contribution in [0.1, 0.15) is 0 Å². The average Bonchev–Trinajstić information content (AvgIpc) is 2.27. The van der Waals surface area contributed by atoms with E-state index in [1.165, 1.54) is 0 Å². The normalized spacial score (nSPS) is 20.4. The van der Waals surface area contributed by atoms with Crippen molar-refractivity contribution in [1.29, 1.82) is 0 Å². The molecule has 0 saturated heterocycles. The van der Waals surface area contributed by atoms with Crippen LogP contribution in [0.25, 0.3) is 0 Å². The van der Waals surface area contributed by atoms with E-state index < -0.39 is 6.54 Å². The summed E-state index contributed by atoms with van der Waals surface area (Å²) in [6.07, 6.45) is 0. The molecule has 1 unspecified atom stereocenters. The van der Waals surface area contributed by atoms with Gasteiger partial charge >= 0.3 is 6.54 Å². The fourth-order valence-corrected chi connectivity index (χ4v) is 1.24. The Morgan fingerprint density at radius 2 is 2.00 bits per heavy atom. The van der Waals surface area contributed by atoms with Crippen LogP contribution >= 0.6 is 15.9 Å². The molecule has 58 valence electrons. The Hall–Kier alpha value is -0.770. The Labute approximate surface area is 71.1 Å². The van der Waals surface area contributed by atoms with Crippen molar-refractivity contribution in [2.75, 3.05) is 0 Å². The maximum atomic E-state index is 12.4. The maximum absolute atomic E-state index is 12.4. The van der Waals surface area contributed by atoms with Gasteiger partial charge in [-0.2, -0.15) is 4.39 Å². The van der Waals surface area contributed by atoms with Crippen LogP contribution in [-0.4, -0.2) is 6.54 Å². The quantitative estimate of drug-likeness (QED) is 0.667. The molecule has 0 aliphatic carbocycles. The second-order valence-corrected chi connectivity index (χ2v) is 3.02. The molecule has 1 heterocycles. The molecule has 0 radical (unpaired) electrons. The third-order valence-electron chi connectivity index (χ3n) is 1.35. The van der Waals surface area contributed by atoms with Gasteiger partial charge in [0.25, 0.3) is 0 Å². The van der Waals surface area contributed by atoms with E-state index in [1.807, 2.05) is 0 Å². The first-order valence-corrected chi connectivity index (χ1v) is 3.82. The van der Waals surface area contributed by atoms with Crippen LogP contribution in [0.4, 0.5) is 4.39 Å². The van der Waals surface area contributed by atoms with Crippen molar-refractivity contribution in [2.45, 2.75) is 6.54 Å². The molecule has 1 aliphatic rings. The van der Waals surface area contributed by atoms with Crippen molar-refractivity contribution in [1.82, 2.24) is 0 Å². The van der Waals surface area contributed by atoms with E-state index >= 15 is 0 Å². The first-order chi connectivity index (χ1) is 5.25. The molecule has 11 heavy (non-hydrogen) atoms. The lowest BCUT2D eigenvalue weighted by Crippen LogP contribution is -2.09. The molecule has 2 nitrogen and oxygen atoms in total. The second kappa shape index (κ2) is 2.37. The number of alkyl halides is 1. The first-order valence-electron chi connectivity index (χ1n) is 3.02. The lowest BCUT2D eigenvalue weighted by atomic mass is 10.3. The molecule has 2 rings (SSSR count). The number of hydrogen-bond acceptors (Lipinski definition) is 2. The summed E-state index contributed by atoms with van der Waals surface area (Å²) in [5.74, 6) is 0.882. The maximum Gasteiger partial charge on any atom is 0.397 e. The van der Waals surface area contributed by atoms with E-state index in [-0.39, 0.29) is 0 Å². The average molecular weight is 219 g/mol. The van der Waals surface area contributed by atoms with Crippen LogP contribution in [0.3, 0.4) is 0 Å². The standard InChI is InChI=1S/C7H4BrFO2/c8-4-1-2-5-6(3-4)11-7(9)10-5/h1-3,7H. The van der Waals surface area contributed by atoms with Crippen LogP contribution < -0.4 is 9.47 Å². The lowest BCUT2D eigenvalue weighted by Gasteiger charge is -1.94. The van der Waals surface area contributed by atoms with E-state index in [1.54, 1.807) is 18.2 Å². The Balaban J connectivity index is 2.43. The number of halogens is 2. The monoisotopic (exact) mass is 218 g/mol. The van der Waals surface area contributed by atoms with E-state index in [0.717, 1.165) is 4.47 Å². The lowest BCUT2D eigenvalue weighted by molar-refractivity contribution is -0.0652. The third kappa shape index (κ3) is 1.18. The zero-order chi connectivity index (χ0) is 7.84. The number of hydrogen-bond donors (Lipinski definition) is 0. The van der Waals surface area contributed by atoms with Crippen LogP contribution in [-0.2, 0) is 0 Å². The highest BCUT2D eigenvalue weighted by molar-refractivity contribution is 9.10. The minimum Gasteiger partial charge on any atom is -0.425 e. The van der Waals surface area contributed by atoms with Gasteiger partial charge < -0.3 is 9.47 Å². The molecule has 1 aromatic carbocycles.